The zero-order valence-corrected chi connectivity index (χ0v) is 26.9. The molecule has 6 rings (SSSR count). The molecule has 0 amide bonds. The van der Waals surface area contributed by atoms with Crippen molar-refractivity contribution in [2.45, 2.75) is 33.3 Å². The van der Waals surface area contributed by atoms with Gasteiger partial charge in [-0.15, -0.1) is 0 Å². The molecule has 0 aliphatic rings. The Morgan fingerprint density at radius 1 is 0.911 bits per heavy atom. The summed E-state index contributed by atoms with van der Waals surface area (Å²) in [5.41, 5.74) is 4.57. The number of methoxy groups -OCH3 is 1. The summed E-state index contributed by atoms with van der Waals surface area (Å²) in [6.45, 7) is 6.42. The van der Waals surface area contributed by atoms with Crippen molar-refractivity contribution < 1.29 is 9.47 Å². The number of hydrogen-bond donors (Lipinski definition) is 0. The van der Waals surface area contributed by atoms with Gasteiger partial charge < -0.3 is 9.47 Å². The van der Waals surface area contributed by atoms with Crippen molar-refractivity contribution in [3.05, 3.63) is 134 Å². The number of halogens is 2. The van der Waals surface area contributed by atoms with Crippen LogP contribution in [0.4, 0.5) is 0 Å². The molecule has 0 N–H and O–H groups in total. The number of nitrogens with zero attached hydrogens (tertiary/aromatic N) is 3. The molecule has 0 atom stereocenters. The summed E-state index contributed by atoms with van der Waals surface area (Å²) in [5.74, 6) is 2.01. The number of ether oxygens (including phenoxy) is 2. The molecule has 6 aromatic rings. The number of hydrogen-bond acceptors (Lipinski definition) is 5. The highest BCUT2D eigenvalue weighted by Gasteiger charge is 2.19. The van der Waals surface area contributed by atoms with Crippen LogP contribution in [0.3, 0.4) is 0 Å². The van der Waals surface area contributed by atoms with E-state index in [9.17, 15) is 4.79 Å². The van der Waals surface area contributed by atoms with E-state index in [4.69, 9.17) is 42.8 Å². The number of aromatic nitrogens is 2. The number of benzene rings is 5. The predicted molar refractivity (Wildman–Crippen MR) is 185 cm³/mol. The Morgan fingerprint density at radius 2 is 1.67 bits per heavy atom. The maximum absolute atomic E-state index is 14.0. The Kier molecular flexibility index (Phi) is 8.61. The lowest BCUT2D eigenvalue weighted by Gasteiger charge is -2.17. The molecule has 0 aliphatic heterocycles. The first-order valence-corrected chi connectivity index (χ1v) is 15.3. The summed E-state index contributed by atoms with van der Waals surface area (Å²) in [6.07, 6.45) is 1.67. The van der Waals surface area contributed by atoms with Gasteiger partial charge in [-0.3, -0.25) is 4.79 Å². The van der Waals surface area contributed by atoms with Crippen LogP contribution in [-0.4, -0.2) is 23.0 Å². The fourth-order valence-electron chi connectivity index (χ4n) is 5.42. The van der Waals surface area contributed by atoms with Crippen LogP contribution in [0.5, 0.6) is 11.5 Å². The van der Waals surface area contributed by atoms with E-state index >= 15 is 0 Å². The highest BCUT2D eigenvalue weighted by Crippen LogP contribution is 2.34. The molecular formula is C37H31Cl2N3O3. The van der Waals surface area contributed by atoms with Gasteiger partial charge in [0.05, 0.1) is 24.2 Å². The van der Waals surface area contributed by atoms with E-state index in [1.807, 2.05) is 79.7 Å². The van der Waals surface area contributed by atoms with E-state index in [2.05, 4.69) is 13.8 Å². The molecule has 0 aliphatic carbocycles. The van der Waals surface area contributed by atoms with Crippen molar-refractivity contribution in [2.75, 3.05) is 7.11 Å². The molecule has 45 heavy (non-hydrogen) atoms. The maximum atomic E-state index is 14.0. The van der Waals surface area contributed by atoms with Gasteiger partial charge in [0, 0.05) is 26.7 Å². The highest BCUT2D eigenvalue weighted by molar-refractivity contribution is 6.35. The Hall–Kier alpha value is -4.65. The third-order valence-corrected chi connectivity index (χ3v) is 8.41. The molecule has 0 unspecified atom stereocenters. The molecule has 0 saturated carbocycles. The Bertz CT molecular complexity index is 2150. The lowest BCUT2D eigenvalue weighted by Crippen LogP contribution is -2.21. The molecule has 5 aromatic carbocycles. The smallest absolute Gasteiger partial charge is 0.282 e. The average Bonchev–Trinajstić information content (AvgIpc) is 3.04. The largest absolute Gasteiger partial charge is 0.496 e. The van der Waals surface area contributed by atoms with Gasteiger partial charge in [0.15, 0.2) is 5.82 Å². The SMILES string of the molecule is COc1cc(C)c(-c2nc3ccccc3c(=O)n2N=Cc2c(OCc3ccc(Cl)cc3Cl)ccc3ccccc23)cc1C(C)C. The second-order valence-corrected chi connectivity index (χ2v) is 11.9. The van der Waals surface area contributed by atoms with Crippen LogP contribution in [0.15, 0.2) is 101 Å². The molecule has 0 bridgehead atoms. The van der Waals surface area contributed by atoms with Crippen LogP contribution >= 0.6 is 23.2 Å². The van der Waals surface area contributed by atoms with Crippen molar-refractivity contribution in [1.82, 2.24) is 9.66 Å². The molecule has 1 heterocycles. The van der Waals surface area contributed by atoms with Crippen LogP contribution < -0.4 is 15.0 Å². The number of para-hydroxylation sites is 1. The van der Waals surface area contributed by atoms with Crippen LogP contribution in [0.2, 0.25) is 10.0 Å². The molecule has 226 valence electrons. The first-order valence-electron chi connectivity index (χ1n) is 14.6. The first kappa shape index (κ1) is 30.4. The Morgan fingerprint density at radius 3 is 2.42 bits per heavy atom. The molecule has 0 radical (unpaired) electrons. The minimum absolute atomic E-state index is 0.188. The molecular weight excluding hydrogens is 605 g/mol. The highest BCUT2D eigenvalue weighted by atomic mass is 35.5. The minimum Gasteiger partial charge on any atom is -0.496 e. The van der Waals surface area contributed by atoms with E-state index in [1.165, 1.54) is 4.68 Å². The van der Waals surface area contributed by atoms with Crippen LogP contribution in [0, 0.1) is 6.92 Å². The summed E-state index contributed by atoms with van der Waals surface area (Å²) >= 11 is 12.5. The predicted octanol–water partition coefficient (Wildman–Crippen LogP) is 9.43. The van der Waals surface area contributed by atoms with Gasteiger partial charge in [0.1, 0.15) is 18.1 Å². The number of rotatable bonds is 8. The molecule has 0 saturated heterocycles. The summed E-state index contributed by atoms with van der Waals surface area (Å²) in [4.78, 5) is 19.0. The van der Waals surface area contributed by atoms with Crippen molar-refractivity contribution >= 4 is 51.1 Å². The average molecular weight is 637 g/mol. The van der Waals surface area contributed by atoms with E-state index in [0.717, 1.165) is 44.3 Å². The lowest BCUT2D eigenvalue weighted by molar-refractivity contribution is 0.306. The zero-order valence-electron chi connectivity index (χ0n) is 25.3. The van der Waals surface area contributed by atoms with Gasteiger partial charge in [-0.2, -0.15) is 9.78 Å². The Labute approximate surface area is 271 Å². The fourth-order valence-corrected chi connectivity index (χ4v) is 5.88. The van der Waals surface area contributed by atoms with E-state index < -0.39 is 0 Å². The third kappa shape index (κ3) is 6.04. The molecule has 0 fully saturated rings. The zero-order chi connectivity index (χ0) is 31.7. The van der Waals surface area contributed by atoms with E-state index in [-0.39, 0.29) is 18.1 Å². The fraction of sp³-hybridized carbons (Fsp3) is 0.162. The molecule has 8 heteroatoms. The van der Waals surface area contributed by atoms with Crippen molar-refractivity contribution in [1.29, 1.82) is 0 Å². The van der Waals surface area contributed by atoms with Gasteiger partial charge in [-0.25, -0.2) is 4.98 Å². The second-order valence-electron chi connectivity index (χ2n) is 11.1. The standard InChI is InChI=1S/C37H31Cl2N3O3/c1-22(2)29-19-30(23(3)17-35(29)44-4)36-41-33-12-8-7-11-28(33)37(43)42(36)40-20-31-27-10-6-5-9-24(27)14-16-34(31)45-21-25-13-15-26(38)18-32(25)39/h5-20,22H,21H2,1-4H3. The minimum atomic E-state index is -0.274. The van der Waals surface area contributed by atoms with Crippen molar-refractivity contribution in [3.63, 3.8) is 0 Å². The summed E-state index contributed by atoms with van der Waals surface area (Å²) in [7, 11) is 1.67. The second kappa shape index (κ2) is 12.8. The summed E-state index contributed by atoms with van der Waals surface area (Å²) in [6, 6.07) is 28.5. The van der Waals surface area contributed by atoms with Crippen LogP contribution in [0.25, 0.3) is 33.1 Å². The molecule has 6 nitrogen and oxygen atoms in total. The van der Waals surface area contributed by atoms with Gasteiger partial charge in [0.2, 0.25) is 0 Å². The molecule has 1 aromatic heterocycles. The van der Waals surface area contributed by atoms with E-state index in [0.29, 0.717) is 32.5 Å². The first-order chi connectivity index (χ1) is 21.7. The summed E-state index contributed by atoms with van der Waals surface area (Å²) < 4.78 is 13.4. The van der Waals surface area contributed by atoms with Gasteiger partial charge in [0.25, 0.3) is 5.56 Å². The van der Waals surface area contributed by atoms with Crippen LogP contribution in [0.1, 0.15) is 42.0 Å². The monoisotopic (exact) mass is 635 g/mol. The lowest BCUT2D eigenvalue weighted by atomic mass is 9.96. The topological polar surface area (TPSA) is 65.7 Å². The normalized spacial score (nSPS) is 11.6. The van der Waals surface area contributed by atoms with E-state index in [1.54, 1.807) is 31.5 Å². The Balaban J connectivity index is 1.53. The van der Waals surface area contributed by atoms with Crippen LogP contribution in [-0.2, 0) is 6.61 Å². The van der Waals surface area contributed by atoms with Gasteiger partial charge in [-0.1, -0.05) is 85.6 Å². The van der Waals surface area contributed by atoms with Crippen molar-refractivity contribution in [2.24, 2.45) is 5.10 Å². The maximum Gasteiger partial charge on any atom is 0.282 e. The molecule has 0 spiro atoms. The summed E-state index contributed by atoms with van der Waals surface area (Å²) in [5, 5.41) is 8.30. The van der Waals surface area contributed by atoms with Crippen molar-refractivity contribution in [3.8, 4) is 22.9 Å². The number of fused-ring (bicyclic) bond motifs is 2. The third-order valence-electron chi connectivity index (χ3n) is 7.82. The van der Waals surface area contributed by atoms with Gasteiger partial charge in [-0.05, 0) is 77.2 Å². The number of aryl methyl sites for hydroxylation is 1. The van der Waals surface area contributed by atoms with Gasteiger partial charge >= 0.3 is 0 Å². The quantitative estimate of drug-likeness (QED) is 0.156.